The number of nitrogen functional groups attached to an aromatic ring is 1. The summed E-state index contributed by atoms with van der Waals surface area (Å²) >= 11 is 0. The van der Waals surface area contributed by atoms with Crippen molar-refractivity contribution in [3.05, 3.63) is 42.2 Å². The number of piperazine rings is 1. The third-order valence-electron chi connectivity index (χ3n) is 7.46. The van der Waals surface area contributed by atoms with Crippen molar-refractivity contribution in [1.29, 1.82) is 0 Å². The van der Waals surface area contributed by atoms with Gasteiger partial charge in [-0.05, 0) is 55.9 Å². The second-order valence-corrected chi connectivity index (χ2v) is 10.2. The lowest BCUT2D eigenvalue weighted by molar-refractivity contribution is -0.136. The Bertz CT molecular complexity index is 1100. The van der Waals surface area contributed by atoms with Gasteiger partial charge in [-0.15, -0.1) is 0 Å². The molecule has 2 aromatic rings. The van der Waals surface area contributed by atoms with Crippen LogP contribution in [0, 0.1) is 0 Å². The Labute approximate surface area is 213 Å². The predicted octanol–water partition coefficient (Wildman–Crippen LogP) is 4.71. The van der Waals surface area contributed by atoms with Crippen LogP contribution in [0.4, 0.5) is 23.0 Å². The minimum atomic E-state index is 0.0814. The Hall–Kier alpha value is -3.13. The SMILES string of the molecule is C=Cc1ccnc(Nc2cc(N)c(N3CCN(C(=O)CC4CCCO4)[C@H](CCC)C3)nc2C2CC2)c1. The molecule has 3 N–H and O–H groups in total. The molecule has 2 aliphatic heterocycles. The van der Waals surface area contributed by atoms with Crippen LogP contribution in [0.15, 0.2) is 31.0 Å². The Balaban J connectivity index is 1.34. The van der Waals surface area contributed by atoms with E-state index in [1.807, 2.05) is 24.3 Å². The molecule has 4 heterocycles. The van der Waals surface area contributed by atoms with E-state index < -0.39 is 0 Å². The number of hydrogen-bond acceptors (Lipinski definition) is 7. The number of nitrogens with two attached hydrogens (primary N) is 1. The number of ether oxygens (including phenoxy) is 1. The fourth-order valence-corrected chi connectivity index (χ4v) is 5.41. The molecule has 192 valence electrons. The van der Waals surface area contributed by atoms with Crippen molar-refractivity contribution in [3.8, 4) is 0 Å². The van der Waals surface area contributed by atoms with Gasteiger partial charge in [0.15, 0.2) is 5.82 Å². The van der Waals surface area contributed by atoms with Crippen molar-refractivity contribution in [2.75, 3.05) is 42.2 Å². The van der Waals surface area contributed by atoms with Gasteiger partial charge < -0.3 is 25.6 Å². The van der Waals surface area contributed by atoms with Gasteiger partial charge in [0.2, 0.25) is 5.91 Å². The number of nitrogens with one attached hydrogen (secondary N) is 1. The van der Waals surface area contributed by atoms with Gasteiger partial charge in [0.25, 0.3) is 0 Å². The van der Waals surface area contributed by atoms with Gasteiger partial charge in [0.1, 0.15) is 5.82 Å². The Morgan fingerprint density at radius 1 is 1.31 bits per heavy atom. The minimum absolute atomic E-state index is 0.0814. The first-order valence-electron chi connectivity index (χ1n) is 13.4. The van der Waals surface area contributed by atoms with Crippen molar-refractivity contribution in [2.24, 2.45) is 0 Å². The van der Waals surface area contributed by atoms with Crippen molar-refractivity contribution < 1.29 is 9.53 Å². The first-order valence-corrected chi connectivity index (χ1v) is 13.4. The first-order chi connectivity index (χ1) is 17.6. The summed E-state index contributed by atoms with van der Waals surface area (Å²) in [4.78, 5) is 27.0. The number of pyridine rings is 2. The van der Waals surface area contributed by atoms with Gasteiger partial charge >= 0.3 is 0 Å². The highest BCUT2D eigenvalue weighted by atomic mass is 16.5. The second kappa shape index (κ2) is 10.9. The summed E-state index contributed by atoms with van der Waals surface area (Å²) in [7, 11) is 0. The topological polar surface area (TPSA) is 96.6 Å². The van der Waals surface area contributed by atoms with Crippen LogP contribution in [0.1, 0.15) is 69.0 Å². The average molecular weight is 491 g/mol. The largest absolute Gasteiger partial charge is 0.396 e. The molecule has 5 rings (SSSR count). The molecule has 0 bridgehead atoms. The summed E-state index contributed by atoms with van der Waals surface area (Å²) in [6.07, 6.45) is 10.5. The highest BCUT2D eigenvalue weighted by molar-refractivity contribution is 5.78. The number of carbonyl (C=O) groups excluding carboxylic acids is 1. The maximum absolute atomic E-state index is 13.1. The zero-order chi connectivity index (χ0) is 25.1. The molecule has 1 aliphatic carbocycles. The summed E-state index contributed by atoms with van der Waals surface area (Å²) in [6.45, 7) is 8.97. The van der Waals surface area contributed by atoms with Gasteiger partial charge in [-0.1, -0.05) is 26.0 Å². The Kier molecular flexibility index (Phi) is 7.41. The van der Waals surface area contributed by atoms with Gasteiger partial charge in [0, 0.05) is 44.4 Å². The van der Waals surface area contributed by atoms with Gasteiger partial charge in [-0.25, -0.2) is 9.97 Å². The number of hydrogen-bond donors (Lipinski definition) is 2. The van der Waals surface area contributed by atoms with Gasteiger partial charge in [0.05, 0.1) is 29.6 Å². The number of rotatable bonds is 9. The predicted molar refractivity (Wildman–Crippen MR) is 144 cm³/mol. The molecular weight excluding hydrogens is 452 g/mol. The quantitative estimate of drug-likeness (QED) is 0.525. The van der Waals surface area contributed by atoms with E-state index in [2.05, 4.69) is 33.6 Å². The van der Waals surface area contributed by atoms with Crippen molar-refractivity contribution in [1.82, 2.24) is 14.9 Å². The molecular formula is C28H38N6O2. The number of carbonyl (C=O) groups is 1. The van der Waals surface area contributed by atoms with E-state index in [4.69, 9.17) is 15.5 Å². The number of anilines is 4. The van der Waals surface area contributed by atoms with Crippen LogP contribution in [-0.4, -0.2) is 59.2 Å². The normalized spacial score (nSPS) is 22.0. The molecule has 8 nitrogen and oxygen atoms in total. The molecule has 1 unspecified atom stereocenters. The summed E-state index contributed by atoms with van der Waals surface area (Å²) in [5.74, 6) is 2.25. The zero-order valence-electron chi connectivity index (χ0n) is 21.3. The molecule has 2 atom stereocenters. The minimum Gasteiger partial charge on any atom is -0.396 e. The fraction of sp³-hybridized carbons (Fsp3) is 0.536. The lowest BCUT2D eigenvalue weighted by Crippen LogP contribution is -2.56. The van der Waals surface area contributed by atoms with Crippen LogP contribution in [0.25, 0.3) is 6.08 Å². The smallest absolute Gasteiger partial charge is 0.225 e. The molecule has 8 heteroatoms. The lowest BCUT2D eigenvalue weighted by Gasteiger charge is -2.42. The number of amides is 1. The van der Waals surface area contributed by atoms with Crippen molar-refractivity contribution in [3.63, 3.8) is 0 Å². The zero-order valence-corrected chi connectivity index (χ0v) is 21.3. The third kappa shape index (κ3) is 5.48. The van der Waals surface area contributed by atoms with Crippen LogP contribution in [-0.2, 0) is 9.53 Å². The van der Waals surface area contributed by atoms with Gasteiger partial charge in [-0.3, -0.25) is 4.79 Å². The molecule has 2 aromatic heterocycles. The lowest BCUT2D eigenvalue weighted by atomic mass is 10.0. The Morgan fingerprint density at radius 3 is 2.89 bits per heavy atom. The van der Waals surface area contributed by atoms with E-state index in [-0.39, 0.29) is 18.1 Å². The molecule has 2 saturated heterocycles. The summed E-state index contributed by atoms with van der Waals surface area (Å²) in [5, 5.41) is 3.44. The molecule has 36 heavy (non-hydrogen) atoms. The molecule has 1 saturated carbocycles. The highest BCUT2D eigenvalue weighted by Gasteiger charge is 2.34. The average Bonchev–Trinajstić information content (AvgIpc) is 3.60. The maximum Gasteiger partial charge on any atom is 0.225 e. The van der Waals surface area contributed by atoms with Crippen LogP contribution in [0.3, 0.4) is 0 Å². The summed E-state index contributed by atoms with van der Waals surface area (Å²) in [6, 6.07) is 6.05. The second-order valence-electron chi connectivity index (χ2n) is 10.2. The molecule has 0 spiro atoms. The van der Waals surface area contributed by atoms with Crippen LogP contribution in [0.2, 0.25) is 0 Å². The number of nitrogens with zero attached hydrogens (tertiary/aromatic N) is 4. The first kappa shape index (κ1) is 24.6. The monoisotopic (exact) mass is 490 g/mol. The standard InChI is InChI=1S/C28H38N6O2/c1-3-6-21-18-33(12-13-34(21)26(35)16-22-7-5-14-36-22)28-23(29)17-24(27(32-28)20-8-9-20)31-25-15-19(4-2)10-11-30-25/h4,10-11,15,17,20-22H,2-3,5-9,12-14,16,18,29H2,1H3,(H,30,31)/t21-,22?/m1/s1. The molecule has 3 aliphatic rings. The van der Waals surface area contributed by atoms with E-state index in [0.717, 1.165) is 86.8 Å². The van der Waals surface area contributed by atoms with Crippen molar-refractivity contribution >= 4 is 35.0 Å². The van der Waals surface area contributed by atoms with Crippen LogP contribution >= 0.6 is 0 Å². The van der Waals surface area contributed by atoms with E-state index in [0.29, 0.717) is 24.6 Å². The molecule has 1 amide bonds. The fourth-order valence-electron chi connectivity index (χ4n) is 5.41. The van der Waals surface area contributed by atoms with E-state index in [1.54, 1.807) is 6.20 Å². The molecule has 3 fully saturated rings. The van der Waals surface area contributed by atoms with Crippen molar-refractivity contribution in [2.45, 2.75) is 69.9 Å². The van der Waals surface area contributed by atoms with Gasteiger partial charge in [-0.2, -0.15) is 0 Å². The summed E-state index contributed by atoms with van der Waals surface area (Å²) < 4.78 is 5.72. The Morgan fingerprint density at radius 2 is 2.17 bits per heavy atom. The molecule has 0 radical (unpaired) electrons. The third-order valence-corrected chi connectivity index (χ3v) is 7.46. The summed E-state index contributed by atoms with van der Waals surface area (Å²) in [5.41, 5.74) is 10.2. The van der Waals surface area contributed by atoms with Crippen LogP contribution < -0.4 is 16.0 Å². The maximum atomic E-state index is 13.1. The number of aromatic nitrogens is 2. The van der Waals surface area contributed by atoms with E-state index in [1.165, 1.54) is 0 Å². The van der Waals surface area contributed by atoms with E-state index >= 15 is 0 Å². The highest BCUT2D eigenvalue weighted by Crippen LogP contribution is 2.45. The van der Waals surface area contributed by atoms with E-state index in [9.17, 15) is 4.79 Å². The molecule has 0 aromatic carbocycles. The van der Waals surface area contributed by atoms with Crippen LogP contribution in [0.5, 0.6) is 0 Å².